The number of nitrogens with zero attached hydrogens (tertiary/aromatic N) is 4. The summed E-state index contributed by atoms with van der Waals surface area (Å²) in [6.07, 6.45) is 0.952. The molecular formula is C16H20N4. The molecule has 20 heavy (non-hydrogen) atoms. The van der Waals surface area contributed by atoms with E-state index in [1.807, 2.05) is 36.0 Å². The van der Waals surface area contributed by atoms with Crippen LogP contribution in [0, 0.1) is 11.3 Å². The van der Waals surface area contributed by atoms with Crippen molar-refractivity contribution in [2.45, 2.75) is 33.4 Å². The molecule has 2 rings (SSSR count). The second kappa shape index (κ2) is 6.25. The van der Waals surface area contributed by atoms with Crippen LogP contribution in [-0.4, -0.2) is 16.8 Å². The second-order valence-corrected chi connectivity index (χ2v) is 4.81. The van der Waals surface area contributed by atoms with Gasteiger partial charge in [0.05, 0.1) is 29.6 Å². The number of aryl methyl sites for hydroxylation is 2. The third-order valence-electron chi connectivity index (χ3n) is 3.39. The molecule has 0 aliphatic carbocycles. The number of hydrogen-bond donors (Lipinski definition) is 0. The molecule has 0 spiro atoms. The molecule has 0 radical (unpaired) electrons. The minimum absolute atomic E-state index is 0.688. The molecule has 0 N–H and O–H groups in total. The third kappa shape index (κ3) is 3.00. The van der Waals surface area contributed by atoms with E-state index >= 15 is 0 Å². The average molecular weight is 268 g/mol. The van der Waals surface area contributed by atoms with E-state index in [2.05, 4.69) is 36.0 Å². The molecule has 1 aromatic carbocycles. The molecule has 0 amide bonds. The Morgan fingerprint density at radius 1 is 1.30 bits per heavy atom. The van der Waals surface area contributed by atoms with Gasteiger partial charge in [0.2, 0.25) is 0 Å². The monoisotopic (exact) mass is 268 g/mol. The van der Waals surface area contributed by atoms with Crippen molar-refractivity contribution in [1.29, 1.82) is 5.26 Å². The Balaban J connectivity index is 2.20. The maximum Gasteiger partial charge on any atom is 0.0992 e. The first-order chi connectivity index (χ1) is 9.67. The van der Waals surface area contributed by atoms with E-state index in [0.29, 0.717) is 5.56 Å². The van der Waals surface area contributed by atoms with Crippen LogP contribution in [0.5, 0.6) is 0 Å². The van der Waals surface area contributed by atoms with Gasteiger partial charge in [-0.25, -0.2) is 0 Å². The van der Waals surface area contributed by atoms with E-state index in [9.17, 15) is 0 Å². The van der Waals surface area contributed by atoms with Gasteiger partial charge in [0, 0.05) is 19.3 Å². The maximum atomic E-state index is 8.97. The fraction of sp³-hybridized carbons (Fsp3) is 0.375. The Labute approximate surface area is 120 Å². The summed E-state index contributed by atoms with van der Waals surface area (Å²) in [5, 5.41) is 13.5. The predicted molar refractivity (Wildman–Crippen MR) is 80.5 cm³/mol. The van der Waals surface area contributed by atoms with E-state index in [0.717, 1.165) is 30.9 Å². The molecular weight excluding hydrogens is 248 g/mol. The highest BCUT2D eigenvalue weighted by Gasteiger charge is 2.09. The summed E-state index contributed by atoms with van der Waals surface area (Å²) in [5.41, 5.74) is 4.06. The number of rotatable bonds is 5. The van der Waals surface area contributed by atoms with E-state index < -0.39 is 0 Å². The van der Waals surface area contributed by atoms with Crippen molar-refractivity contribution in [3.8, 4) is 6.07 Å². The normalized spacial score (nSPS) is 10.3. The second-order valence-electron chi connectivity index (χ2n) is 4.81. The first-order valence-corrected chi connectivity index (χ1v) is 6.94. The summed E-state index contributed by atoms with van der Waals surface area (Å²) in [4.78, 5) is 2.14. The van der Waals surface area contributed by atoms with Crippen LogP contribution in [0.1, 0.15) is 30.8 Å². The SMILES string of the molecule is CCc1cc(CN(C)c2cccc(C#N)c2)n(CC)n1. The minimum Gasteiger partial charge on any atom is -0.369 e. The summed E-state index contributed by atoms with van der Waals surface area (Å²) in [6.45, 7) is 5.88. The fourth-order valence-corrected chi connectivity index (χ4v) is 2.24. The van der Waals surface area contributed by atoms with Gasteiger partial charge >= 0.3 is 0 Å². The van der Waals surface area contributed by atoms with Gasteiger partial charge in [-0.2, -0.15) is 10.4 Å². The maximum absolute atomic E-state index is 8.97. The molecule has 4 heteroatoms. The lowest BCUT2D eigenvalue weighted by molar-refractivity contribution is 0.610. The summed E-state index contributed by atoms with van der Waals surface area (Å²) in [5.74, 6) is 0. The standard InChI is InChI=1S/C16H20N4/c1-4-14-10-16(20(5-2)18-14)12-19(3)15-8-6-7-13(9-15)11-17/h6-10H,4-5,12H2,1-3H3. The van der Waals surface area contributed by atoms with Crippen molar-refractivity contribution in [2.24, 2.45) is 0 Å². The summed E-state index contributed by atoms with van der Waals surface area (Å²) in [6, 6.07) is 12.0. The smallest absolute Gasteiger partial charge is 0.0992 e. The topological polar surface area (TPSA) is 44.9 Å². The van der Waals surface area contributed by atoms with Gasteiger partial charge in [-0.3, -0.25) is 4.68 Å². The highest BCUT2D eigenvalue weighted by molar-refractivity contribution is 5.51. The molecule has 104 valence electrons. The Morgan fingerprint density at radius 3 is 2.75 bits per heavy atom. The summed E-state index contributed by atoms with van der Waals surface area (Å²) < 4.78 is 2.05. The minimum atomic E-state index is 0.688. The van der Waals surface area contributed by atoms with E-state index in [-0.39, 0.29) is 0 Å². The van der Waals surface area contributed by atoms with E-state index in [1.165, 1.54) is 5.69 Å². The molecule has 4 nitrogen and oxygen atoms in total. The van der Waals surface area contributed by atoms with Gasteiger partial charge in [-0.15, -0.1) is 0 Å². The lowest BCUT2D eigenvalue weighted by Crippen LogP contribution is -2.19. The van der Waals surface area contributed by atoms with Crippen LogP contribution in [0.25, 0.3) is 0 Å². The number of nitriles is 1. The van der Waals surface area contributed by atoms with Crippen molar-refractivity contribution < 1.29 is 0 Å². The van der Waals surface area contributed by atoms with Crippen LogP contribution in [0.2, 0.25) is 0 Å². The van der Waals surface area contributed by atoms with E-state index in [4.69, 9.17) is 5.26 Å². The van der Waals surface area contributed by atoms with Crippen LogP contribution in [0.15, 0.2) is 30.3 Å². The summed E-state index contributed by atoms with van der Waals surface area (Å²) in [7, 11) is 2.04. The molecule has 0 bridgehead atoms. The van der Waals surface area contributed by atoms with Crippen LogP contribution in [0.3, 0.4) is 0 Å². The highest BCUT2D eigenvalue weighted by Crippen LogP contribution is 2.17. The van der Waals surface area contributed by atoms with E-state index in [1.54, 1.807) is 0 Å². The Morgan fingerprint density at radius 2 is 2.10 bits per heavy atom. The molecule has 1 aromatic heterocycles. The first-order valence-electron chi connectivity index (χ1n) is 6.94. The number of benzene rings is 1. The van der Waals surface area contributed by atoms with Crippen molar-refractivity contribution in [1.82, 2.24) is 9.78 Å². The van der Waals surface area contributed by atoms with Gasteiger partial charge in [0.15, 0.2) is 0 Å². The Hall–Kier alpha value is -2.28. The highest BCUT2D eigenvalue weighted by atomic mass is 15.3. The molecule has 0 aliphatic rings. The molecule has 0 unspecified atom stereocenters. The molecule has 2 aromatic rings. The largest absolute Gasteiger partial charge is 0.369 e. The Kier molecular flexibility index (Phi) is 4.41. The first kappa shape index (κ1) is 14.1. The van der Waals surface area contributed by atoms with Gasteiger partial charge in [0.1, 0.15) is 0 Å². The quantitative estimate of drug-likeness (QED) is 0.837. The molecule has 1 heterocycles. The van der Waals surface area contributed by atoms with Gasteiger partial charge < -0.3 is 4.90 Å². The zero-order chi connectivity index (χ0) is 14.5. The predicted octanol–water partition coefficient (Wildman–Crippen LogP) is 2.97. The zero-order valence-corrected chi connectivity index (χ0v) is 12.3. The van der Waals surface area contributed by atoms with Crippen molar-refractivity contribution in [2.75, 3.05) is 11.9 Å². The number of hydrogen-bond acceptors (Lipinski definition) is 3. The van der Waals surface area contributed by atoms with Crippen molar-refractivity contribution in [3.63, 3.8) is 0 Å². The van der Waals surface area contributed by atoms with Crippen LogP contribution in [-0.2, 0) is 19.5 Å². The number of anilines is 1. The van der Waals surface area contributed by atoms with Gasteiger partial charge in [0.25, 0.3) is 0 Å². The van der Waals surface area contributed by atoms with Crippen LogP contribution < -0.4 is 4.90 Å². The molecule has 0 fully saturated rings. The third-order valence-corrected chi connectivity index (χ3v) is 3.39. The molecule has 0 atom stereocenters. The zero-order valence-electron chi connectivity index (χ0n) is 12.3. The van der Waals surface area contributed by atoms with Gasteiger partial charge in [-0.1, -0.05) is 13.0 Å². The van der Waals surface area contributed by atoms with Crippen molar-refractivity contribution >= 4 is 5.69 Å². The number of aromatic nitrogens is 2. The lowest BCUT2D eigenvalue weighted by Gasteiger charge is -2.19. The molecule has 0 aliphatic heterocycles. The molecule has 0 saturated carbocycles. The Bertz CT molecular complexity index is 622. The molecule has 0 saturated heterocycles. The average Bonchev–Trinajstić information content (AvgIpc) is 2.89. The summed E-state index contributed by atoms with van der Waals surface area (Å²) >= 11 is 0. The van der Waals surface area contributed by atoms with Crippen LogP contribution in [0.4, 0.5) is 5.69 Å². The lowest BCUT2D eigenvalue weighted by atomic mass is 10.2. The van der Waals surface area contributed by atoms with Crippen molar-refractivity contribution in [3.05, 3.63) is 47.3 Å². The van der Waals surface area contributed by atoms with Crippen LogP contribution >= 0.6 is 0 Å². The fourth-order valence-electron chi connectivity index (χ4n) is 2.24. The van der Waals surface area contributed by atoms with Gasteiger partial charge in [-0.05, 0) is 37.6 Å².